The Morgan fingerprint density at radius 3 is 2.61 bits per heavy atom. The summed E-state index contributed by atoms with van der Waals surface area (Å²) in [6.07, 6.45) is 0. The van der Waals surface area contributed by atoms with Crippen molar-refractivity contribution in [3.05, 3.63) is 63.9 Å². The van der Waals surface area contributed by atoms with Gasteiger partial charge in [0.25, 0.3) is 5.22 Å². The highest BCUT2D eigenvalue weighted by molar-refractivity contribution is 7.99. The van der Waals surface area contributed by atoms with Crippen molar-refractivity contribution in [1.82, 2.24) is 20.0 Å². The Labute approximate surface area is 193 Å². The molecule has 0 aliphatic carbocycles. The number of nitrogens with zero attached hydrogens (tertiary/aromatic N) is 4. The maximum Gasteiger partial charge on any atom is 0.277 e. The molecular weight excluding hydrogens is 462 g/mol. The number of rotatable bonds is 6. The maximum atomic E-state index is 14.0. The first-order chi connectivity index (χ1) is 15.0. The van der Waals surface area contributed by atoms with E-state index in [1.807, 2.05) is 6.07 Å². The van der Waals surface area contributed by atoms with Gasteiger partial charge in [0.1, 0.15) is 5.82 Å². The van der Waals surface area contributed by atoms with Crippen LogP contribution in [0.15, 0.2) is 52.1 Å². The van der Waals surface area contributed by atoms with E-state index in [1.54, 1.807) is 35.2 Å². The van der Waals surface area contributed by atoms with Crippen LogP contribution in [0.25, 0.3) is 11.5 Å². The number of hydrogen-bond donors (Lipinski definition) is 0. The summed E-state index contributed by atoms with van der Waals surface area (Å²) in [6.45, 7) is 2.88. The fourth-order valence-electron chi connectivity index (χ4n) is 3.28. The second-order valence-electron chi connectivity index (χ2n) is 7.03. The fourth-order valence-corrected chi connectivity index (χ4v) is 4.36. The molecule has 0 bridgehead atoms. The van der Waals surface area contributed by atoms with Gasteiger partial charge in [0.2, 0.25) is 11.8 Å². The van der Waals surface area contributed by atoms with E-state index >= 15 is 0 Å². The maximum absolute atomic E-state index is 14.0. The van der Waals surface area contributed by atoms with Gasteiger partial charge < -0.3 is 9.32 Å². The Morgan fingerprint density at radius 1 is 1.10 bits per heavy atom. The molecule has 0 N–H and O–H groups in total. The van der Waals surface area contributed by atoms with Crippen LogP contribution in [0.3, 0.4) is 0 Å². The van der Waals surface area contributed by atoms with Gasteiger partial charge in [0.05, 0.1) is 5.75 Å². The summed E-state index contributed by atoms with van der Waals surface area (Å²) in [4.78, 5) is 16.5. The predicted molar refractivity (Wildman–Crippen MR) is 119 cm³/mol. The monoisotopic (exact) mass is 480 g/mol. The summed E-state index contributed by atoms with van der Waals surface area (Å²) in [5, 5.41) is 9.34. The van der Waals surface area contributed by atoms with Crippen LogP contribution in [-0.4, -0.2) is 57.8 Å². The first-order valence-electron chi connectivity index (χ1n) is 9.65. The minimum atomic E-state index is -0.306. The van der Waals surface area contributed by atoms with E-state index in [9.17, 15) is 9.18 Å². The van der Waals surface area contributed by atoms with E-state index < -0.39 is 0 Å². The number of amides is 1. The zero-order chi connectivity index (χ0) is 21.8. The number of benzene rings is 2. The van der Waals surface area contributed by atoms with Crippen LogP contribution in [0, 0.1) is 5.82 Å². The molecule has 6 nitrogen and oxygen atoms in total. The summed E-state index contributed by atoms with van der Waals surface area (Å²) in [5.41, 5.74) is 1.22. The zero-order valence-corrected chi connectivity index (χ0v) is 18.8. The van der Waals surface area contributed by atoms with Gasteiger partial charge in [0, 0.05) is 53.9 Å². The Hall–Kier alpha value is -2.13. The van der Waals surface area contributed by atoms with Crippen LogP contribution in [0.2, 0.25) is 10.0 Å². The van der Waals surface area contributed by atoms with Gasteiger partial charge in [-0.05, 0) is 30.3 Å². The van der Waals surface area contributed by atoms with E-state index in [2.05, 4.69) is 15.1 Å². The first kappa shape index (κ1) is 22.1. The Morgan fingerprint density at radius 2 is 1.87 bits per heavy atom. The molecule has 1 aliphatic rings. The lowest BCUT2D eigenvalue weighted by atomic mass is 10.2. The molecule has 0 atom stereocenters. The molecule has 4 rings (SSSR count). The molecule has 1 aliphatic heterocycles. The smallest absolute Gasteiger partial charge is 0.277 e. The molecule has 1 aromatic heterocycles. The van der Waals surface area contributed by atoms with Crippen LogP contribution >= 0.6 is 35.0 Å². The third kappa shape index (κ3) is 5.57. The van der Waals surface area contributed by atoms with Crippen LogP contribution < -0.4 is 0 Å². The lowest BCUT2D eigenvalue weighted by Crippen LogP contribution is -2.48. The van der Waals surface area contributed by atoms with Crippen molar-refractivity contribution < 1.29 is 13.6 Å². The molecule has 0 spiro atoms. The SMILES string of the molecule is O=C(CSc1nnc(-c2cccc(Cl)c2)o1)N1CCN(Cc2c(F)cccc2Cl)CC1. The molecule has 162 valence electrons. The molecule has 2 heterocycles. The van der Waals surface area contributed by atoms with E-state index in [0.717, 1.165) is 5.56 Å². The third-order valence-corrected chi connectivity index (χ3v) is 6.36. The van der Waals surface area contributed by atoms with Crippen LogP contribution in [0.1, 0.15) is 5.56 Å². The lowest BCUT2D eigenvalue weighted by Gasteiger charge is -2.34. The predicted octanol–water partition coefficient (Wildman–Crippen LogP) is 4.62. The molecule has 0 saturated carbocycles. The summed E-state index contributed by atoms with van der Waals surface area (Å²) >= 11 is 13.3. The van der Waals surface area contributed by atoms with Gasteiger partial charge in [-0.2, -0.15) is 0 Å². The molecule has 1 fully saturated rings. The van der Waals surface area contributed by atoms with E-state index in [1.165, 1.54) is 17.8 Å². The van der Waals surface area contributed by atoms with Gasteiger partial charge in [-0.3, -0.25) is 9.69 Å². The largest absolute Gasteiger partial charge is 0.411 e. The van der Waals surface area contributed by atoms with Gasteiger partial charge in [-0.25, -0.2) is 4.39 Å². The second-order valence-corrected chi connectivity index (χ2v) is 8.80. The standard InChI is InChI=1S/C21H19Cl2FN4O2S/c22-15-4-1-3-14(11-15)20-25-26-21(30-20)31-13-19(29)28-9-7-27(8-10-28)12-16-17(23)5-2-6-18(16)24/h1-6,11H,7-10,12-13H2. The highest BCUT2D eigenvalue weighted by Gasteiger charge is 2.23. The van der Waals surface area contributed by atoms with Crippen molar-refractivity contribution >= 4 is 40.9 Å². The minimum Gasteiger partial charge on any atom is -0.411 e. The van der Waals surface area contributed by atoms with Gasteiger partial charge >= 0.3 is 0 Å². The molecular formula is C21H19Cl2FN4O2S. The number of aromatic nitrogens is 2. The molecule has 1 amide bonds. The number of thioether (sulfide) groups is 1. The van der Waals surface area contributed by atoms with Gasteiger partial charge in [-0.1, -0.05) is 47.1 Å². The fraction of sp³-hybridized carbons (Fsp3) is 0.286. The normalized spacial score (nSPS) is 14.7. The summed E-state index contributed by atoms with van der Waals surface area (Å²) in [6, 6.07) is 11.8. The molecule has 1 saturated heterocycles. The first-order valence-corrected chi connectivity index (χ1v) is 11.4. The number of piperazine rings is 1. The van der Waals surface area contributed by atoms with Crippen LogP contribution in [0.4, 0.5) is 4.39 Å². The molecule has 31 heavy (non-hydrogen) atoms. The van der Waals surface area contributed by atoms with Crippen molar-refractivity contribution in [3.8, 4) is 11.5 Å². The highest BCUT2D eigenvalue weighted by Crippen LogP contribution is 2.26. The van der Waals surface area contributed by atoms with Gasteiger partial charge in [-0.15, -0.1) is 10.2 Å². The molecule has 0 radical (unpaired) electrons. The van der Waals surface area contributed by atoms with Crippen molar-refractivity contribution in [2.75, 3.05) is 31.9 Å². The summed E-state index contributed by atoms with van der Waals surface area (Å²) in [5.74, 6) is 0.254. The third-order valence-electron chi connectivity index (χ3n) is 4.97. The quantitative estimate of drug-likeness (QED) is 0.479. The number of hydrogen-bond acceptors (Lipinski definition) is 6. The number of carbonyl (C=O) groups is 1. The summed E-state index contributed by atoms with van der Waals surface area (Å²) < 4.78 is 19.6. The molecule has 2 aromatic carbocycles. The Balaban J connectivity index is 1.26. The molecule has 3 aromatic rings. The van der Waals surface area contributed by atoms with Gasteiger partial charge in [0.15, 0.2) is 0 Å². The Kier molecular flexibility index (Phi) is 7.12. The van der Waals surface area contributed by atoms with E-state index in [-0.39, 0.29) is 17.5 Å². The number of halogens is 3. The van der Waals surface area contributed by atoms with E-state index in [0.29, 0.717) is 59.4 Å². The zero-order valence-electron chi connectivity index (χ0n) is 16.4. The molecule has 0 unspecified atom stereocenters. The molecule has 10 heteroatoms. The van der Waals surface area contributed by atoms with Crippen molar-refractivity contribution in [3.63, 3.8) is 0 Å². The van der Waals surface area contributed by atoms with E-state index in [4.69, 9.17) is 27.6 Å². The topological polar surface area (TPSA) is 62.5 Å². The van der Waals surface area contributed by atoms with Crippen molar-refractivity contribution in [2.24, 2.45) is 0 Å². The lowest BCUT2D eigenvalue weighted by molar-refractivity contribution is -0.130. The Bertz CT molecular complexity index is 1050. The highest BCUT2D eigenvalue weighted by atomic mass is 35.5. The minimum absolute atomic E-state index is 0.00363. The van der Waals surface area contributed by atoms with Crippen LogP contribution in [-0.2, 0) is 11.3 Å². The number of carbonyl (C=O) groups excluding carboxylic acids is 1. The van der Waals surface area contributed by atoms with Crippen molar-refractivity contribution in [2.45, 2.75) is 11.8 Å². The van der Waals surface area contributed by atoms with Crippen LogP contribution in [0.5, 0.6) is 0 Å². The second kappa shape index (κ2) is 9.99. The van der Waals surface area contributed by atoms with Crippen molar-refractivity contribution in [1.29, 1.82) is 0 Å². The summed E-state index contributed by atoms with van der Waals surface area (Å²) in [7, 11) is 0. The average molecular weight is 481 g/mol. The average Bonchev–Trinajstić information content (AvgIpc) is 3.24.